The second-order valence-corrected chi connectivity index (χ2v) is 7.59. The fraction of sp³-hybridized carbons (Fsp3) is 0.714. The molecule has 11 heteroatoms. The molecule has 1 amide bonds. The van der Waals surface area contributed by atoms with Crippen molar-refractivity contribution in [1.29, 1.82) is 0 Å². The summed E-state index contributed by atoms with van der Waals surface area (Å²) in [5.74, 6) is 1.22. The topological polar surface area (TPSA) is 163 Å². The van der Waals surface area contributed by atoms with Gasteiger partial charge in [-0.15, -0.1) is 0 Å². The number of carbonyl (C=O) groups is 3. The van der Waals surface area contributed by atoms with Gasteiger partial charge in [-0.25, -0.2) is 4.98 Å². The van der Waals surface area contributed by atoms with Gasteiger partial charge in [-0.3, -0.25) is 14.4 Å². The van der Waals surface area contributed by atoms with Gasteiger partial charge in [0.2, 0.25) is 5.91 Å². The van der Waals surface area contributed by atoms with Crippen LogP contribution in [0.25, 0.3) is 0 Å². The highest BCUT2D eigenvalue weighted by atomic mass is 16.5. The Hall–Kier alpha value is -2.50. The third-order valence-electron chi connectivity index (χ3n) is 5.58. The molecular weight excluding hydrogens is 420 g/mol. The lowest BCUT2D eigenvalue weighted by molar-refractivity contribution is -0.127. The summed E-state index contributed by atoms with van der Waals surface area (Å²) in [6.07, 6.45) is 10.3. The lowest BCUT2D eigenvalue weighted by atomic mass is 9.82. The molecule has 3 rings (SSSR count). The van der Waals surface area contributed by atoms with Crippen molar-refractivity contribution in [2.24, 2.45) is 5.92 Å². The van der Waals surface area contributed by atoms with Crippen LogP contribution in [0.3, 0.4) is 0 Å². The van der Waals surface area contributed by atoms with Crippen molar-refractivity contribution in [2.45, 2.75) is 63.1 Å². The van der Waals surface area contributed by atoms with Crippen LogP contribution in [-0.4, -0.2) is 84.1 Å². The summed E-state index contributed by atoms with van der Waals surface area (Å²) in [7, 11) is 1.78. The van der Waals surface area contributed by atoms with E-state index in [0.717, 1.165) is 64.0 Å². The molecule has 1 aromatic heterocycles. The third kappa shape index (κ3) is 10.7. The van der Waals surface area contributed by atoms with Crippen LogP contribution in [0.15, 0.2) is 12.4 Å². The molecule has 1 aliphatic heterocycles. The standard InChI is InChI=1S/C19H32N4O3.2CH2O2/c1-25-17-5-4-14(13-16(17)23-15-6-11-26-12-7-15)19(24)22-8-2-3-18-20-9-10-21-18;2*2-1-3/h9-10,14-17,23H,2-8,11-13H2,1H3,(H,20,21)(H,22,24);2*1H,(H,2,3)/t14-,16+,17+;;/m0../s1. The van der Waals surface area contributed by atoms with E-state index in [1.807, 2.05) is 6.20 Å². The minimum absolute atomic E-state index is 0.0716. The monoisotopic (exact) mass is 456 g/mol. The second-order valence-electron chi connectivity index (χ2n) is 7.59. The number of aromatic nitrogens is 2. The number of hydrogen-bond donors (Lipinski definition) is 5. The van der Waals surface area contributed by atoms with Crippen molar-refractivity contribution in [3.63, 3.8) is 0 Å². The quantitative estimate of drug-likeness (QED) is 0.281. The van der Waals surface area contributed by atoms with Crippen LogP contribution in [0.4, 0.5) is 0 Å². The molecule has 0 radical (unpaired) electrons. The molecule has 11 nitrogen and oxygen atoms in total. The zero-order chi connectivity index (χ0) is 23.6. The number of aromatic amines is 1. The minimum Gasteiger partial charge on any atom is -0.483 e. The molecule has 2 aliphatic rings. The number of aryl methyl sites for hydroxylation is 1. The molecule has 0 unspecified atom stereocenters. The predicted octanol–water partition coefficient (Wildman–Crippen LogP) is 0.812. The van der Waals surface area contributed by atoms with Gasteiger partial charge < -0.3 is 35.3 Å². The summed E-state index contributed by atoms with van der Waals surface area (Å²) in [5, 5.41) is 20.6. The molecular formula is C21H36N4O7. The Kier molecular flexibility index (Phi) is 14.7. The smallest absolute Gasteiger partial charge is 0.290 e. The Balaban J connectivity index is 0.000000769. The van der Waals surface area contributed by atoms with Crippen LogP contribution in [0.1, 0.15) is 44.3 Å². The summed E-state index contributed by atoms with van der Waals surface area (Å²) in [6, 6.07) is 0.720. The fourth-order valence-corrected chi connectivity index (χ4v) is 4.05. The van der Waals surface area contributed by atoms with Crippen LogP contribution in [0.2, 0.25) is 0 Å². The molecule has 0 aromatic carbocycles. The van der Waals surface area contributed by atoms with Gasteiger partial charge in [0, 0.05) is 63.7 Å². The molecule has 1 saturated carbocycles. The first kappa shape index (κ1) is 27.5. The van der Waals surface area contributed by atoms with E-state index in [1.165, 1.54) is 0 Å². The van der Waals surface area contributed by atoms with Crippen LogP contribution in [0.5, 0.6) is 0 Å². The van der Waals surface area contributed by atoms with E-state index in [4.69, 9.17) is 29.3 Å². The highest BCUT2D eigenvalue weighted by molar-refractivity contribution is 5.78. The fourth-order valence-electron chi connectivity index (χ4n) is 4.05. The maximum atomic E-state index is 12.6. The predicted molar refractivity (Wildman–Crippen MR) is 116 cm³/mol. The molecule has 32 heavy (non-hydrogen) atoms. The Morgan fingerprint density at radius 3 is 2.53 bits per heavy atom. The van der Waals surface area contributed by atoms with Crippen molar-refractivity contribution in [1.82, 2.24) is 20.6 Å². The van der Waals surface area contributed by atoms with Gasteiger partial charge >= 0.3 is 0 Å². The summed E-state index contributed by atoms with van der Waals surface area (Å²) in [4.78, 5) is 36.6. The van der Waals surface area contributed by atoms with Crippen LogP contribution in [0, 0.1) is 5.92 Å². The van der Waals surface area contributed by atoms with E-state index in [9.17, 15) is 4.79 Å². The lowest BCUT2D eigenvalue weighted by Gasteiger charge is -2.38. The summed E-state index contributed by atoms with van der Waals surface area (Å²) in [6.45, 7) is 1.84. The van der Waals surface area contributed by atoms with Crippen molar-refractivity contribution < 1.29 is 34.1 Å². The number of amides is 1. The maximum Gasteiger partial charge on any atom is 0.290 e. The number of ether oxygens (including phenoxy) is 2. The summed E-state index contributed by atoms with van der Waals surface area (Å²) in [5.41, 5.74) is 0. The molecule has 1 aliphatic carbocycles. The third-order valence-corrected chi connectivity index (χ3v) is 5.58. The maximum absolute atomic E-state index is 12.6. The van der Waals surface area contributed by atoms with E-state index in [2.05, 4.69) is 20.6 Å². The second kappa shape index (κ2) is 17.1. The van der Waals surface area contributed by atoms with Gasteiger partial charge in [-0.1, -0.05) is 0 Å². The van der Waals surface area contributed by atoms with Crippen molar-refractivity contribution in [3.8, 4) is 0 Å². The number of nitrogens with zero attached hydrogens (tertiary/aromatic N) is 1. The number of hydrogen-bond acceptors (Lipinski definition) is 7. The van der Waals surface area contributed by atoms with E-state index < -0.39 is 0 Å². The molecule has 1 saturated heterocycles. The number of carbonyl (C=O) groups excluding carboxylic acids is 1. The van der Waals surface area contributed by atoms with Crippen LogP contribution in [-0.2, 0) is 30.3 Å². The first-order valence-corrected chi connectivity index (χ1v) is 10.9. The summed E-state index contributed by atoms with van der Waals surface area (Å²) >= 11 is 0. The van der Waals surface area contributed by atoms with Crippen molar-refractivity contribution in [3.05, 3.63) is 18.2 Å². The van der Waals surface area contributed by atoms with Gasteiger partial charge in [-0.2, -0.15) is 0 Å². The number of carboxylic acid groups (broad SMARTS) is 2. The highest BCUT2D eigenvalue weighted by Crippen LogP contribution is 2.27. The zero-order valence-corrected chi connectivity index (χ0v) is 18.6. The van der Waals surface area contributed by atoms with E-state index in [0.29, 0.717) is 12.6 Å². The van der Waals surface area contributed by atoms with Crippen LogP contribution >= 0.6 is 0 Å². The van der Waals surface area contributed by atoms with Gasteiger partial charge in [0.05, 0.1) is 6.10 Å². The van der Waals surface area contributed by atoms with Crippen molar-refractivity contribution in [2.75, 3.05) is 26.9 Å². The van der Waals surface area contributed by atoms with Gasteiger partial charge in [0.1, 0.15) is 5.82 Å². The Morgan fingerprint density at radius 2 is 1.94 bits per heavy atom. The zero-order valence-electron chi connectivity index (χ0n) is 18.6. The van der Waals surface area contributed by atoms with Crippen molar-refractivity contribution >= 4 is 18.9 Å². The molecule has 0 spiro atoms. The van der Waals surface area contributed by atoms with Gasteiger partial charge in [-0.05, 0) is 38.5 Å². The average Bonchev–Trinajstić information content (AvgIpc) is 3.32. The van der Waals surface area contributed by atoms with Crippen LogP contribution < -0.4 is 10.6 Å². The Labute approximate surface area is 188 Å². The minimum atomic E-state index is -0.250. The SMILES string of the molecule is CO[C@@H]1CC[C@H](C(=O)NCCCc2ncc[nH]2)C[C@H]1NC1CCOCC1.O=CO.O=CO. The first-order chi connectivity index (χ1) is 15.6. The molecule has 0 bridgehead atoms. The first-order valence-electron chi connectivity index (χ1n) is 10.9. The van der Waals surface area contributed by atoms with E-state index >= 15 is 0 Å². The molecule has 1 aromatic rings. The van der Waals surface area contributed by atoms with Gasteiger partial charge in [0.25, 0.3) is 12.9 Å². The average molecular weight is 457 g/mol. The molecule has 182 valence electrons. The molecule has 3 atom stereocenters. The van der Waals surface area contributed by atoms with Gasteiger partial charge in [0.15, 0.2) is 0 Å². The number of imidazole rings is 1. The number of rotatable bonds is 8. The summed E-state index contributed by atoms with van der Waals surface area (Å²) < 4.78 is 11.1. The number of nitrogens with one attached hydrogen (secondary N) is 3. The largest absolute Gasteiger partial charge is 0.483 e. The Bertz CT molecular complexity index is 618. The van der Waals surface area contributed by atoms with E-state index in [1.54, 1.807) is 13.3 Å². The number of H-pyrrole nitrogens is 1. The van der Waals surface area contributed by atoms with E-state index in [-0.39, 0.29) is 36.9 Å². The highest BCUT2D eigenvalue weighted by Gasteiger charge is 2.35. The normalized spacial score (nSPS) is 23.0. The Morgan fingerprint density at radius 1 is 1.25 bits per heavy atom. The lowest BCUT2D eigenvalue weighted by Crippen LogP contribution is -2.52. The molecule has 2 fully saturated rings. The number of methoxy groups -OCH3 is 1. The molecule has 5 N–H and O–H groups in total. The molecule has 2 heterocycles.